The molecule has 0 aromatic rings. The van der Waals surface area contributed by atoms with Gasteiger partial charge in [-0.2, -0.15) is 0 Å². The van der Waals surface area contributed by atoms with Gasteiger partial charge in [-0.25, -0.2) is 0 Å². The monoisotopic (exact) mass is 174 g/mol. The summed E-state index contributed by atoms with van der Waals surface area (Å²) in [5, 5.41) is 0.484. The molecule has 0 heterocycles. The molecule has 0 spiro atoms. The van der Waals surface area contributed by atoms with E-state index in [1.807, 2.05) is 11.9 Å². The Hall–Kier alpha value is -0.310. The third-order valence-electron chi connectivity index (χ3n) is 1.82. The average molecular weight is 174 g/mol. The van der Waals surface area contributed by atoms with Crippen molar-refractivity contribution < 1.29 is 0 Å². The minimum Gasteiger partial charge on any atom is -0.376 e. The lowest BCUT2D eigenvalue weighted by molar-refractivity contribution is 0.334. The van der Waals surface area contributed by atoms with Crippen molar-refractivity contribution in [1.29, 1.82) is 0 Å². The fourth-order valence-corrected chi connectivity index (χ4v) is 1.24. The van der Waals surface area contributed by atoms with Gasteiger partial charge in [0, 0.05) is 13.1 Å². The van der Waals surface area contributed by atoms with Gasteiger partial charge in [0.15, 0.2) is 5.11 Å². The molecule has 0 aromatic heterocycles. The summed E-state index contributed by atoms with van der Waals surface area (Å²) in [6, 6.07) is 0.451. The van der Waals surface area contributed by atoms with E-state index in [2.05, 4.69) is 20.8 Å². The largest absolute Gasteiger partial charge is 0.376 e. The first-order valence-electron chi connectivity index (χ1n) is 3.97. The van der Waals surface area contributed by atoms with E-state index in [9.17, 15) is 0 Å². The molecule has 0 saturated heterocycles. The fraction of sp³-hybridized carbons (Fsp3) is 0.875. The second-order valence-electron chi connectivity index (χ2n) is 3.43. The van der Waals surface area contributed by atoms with Crippen LogP contribution in [-0.2, 0) is 0 Å². The van der Waals surface area contributed by atoms with Crippen LogP contribution in [0.3, 0.4) is 0 Å². The number of thiocarbonyl (C=S) groups is 1. The lowest BCUT2D eigenvalue weighted by atomic mass is 10.0. The van der Waals surface area contributed by atoms with Gasteiger partial charge in [0.2, 0.25) is 0 Å². The molecule has 66 valence electrons. The van der Waals surface area contributed by atoms with Crippen LogP contribution in [0.5, 0.6) is 0 Å². The van der Waals surface area contributed by atoms with Gasteiger partial charge in [-0.1, -0.05) is 13.8 Å². The molecule has 0 fully saturated rings. The van der Waals surface area contributed by atoms with Gasteiger partial charge in [0.05, 0.1) is 0 Å². The average Bonchev–Trinajstić information content (AvgIpc) is 1.84. The van der Waals surface area contributed by atoms with Gasteiger partial charge in [-0.05, 0) is 31.5 Å². The summed E-state index contributed by atoms with van der Waals surface area (Å²) in [6.07, 6.45) is 1.13. The molecule has 1 unspecified atom stereocenters. The van der Waals surface area contributed by atoms with E-state index in [4.69, 9.17) is 18.0 Å². The maximum absolute atomic E-state index is 5.47. The van der Waals surface area contributed by atoms with Crippen molar-refractivity contribution in [3.05, 3.63) is 0 Å². The molecule has 11 heavy (non-hydrogen) atoms. The van der Waals surface area contributed by atoms with E-state index in [1.54, 1.807) is 0 Å². The van der Waals surface area contributed by atoms with E-state index >= 15 is 0 Å². The molecule has 0 aliphatic rings. The molecule has 2 N–H and O–H groups in total. The van der Waals surface area contributed by atoms with Crippen molar-refractivity contribution in [1.82, 2.24) is 4.90 Å². The number of hydrogen-bond acceptors (Lipinski definition) is 1. The van der Waals surface area contributed by atoms with Crippen LogP contribution in [0, 0.1) is 5.92 Å². The van der Waals surface area contributed by atoms with Crippen molar-refractivity contribution >= 4 is 17.3 Å². The molecule has 0 radical (unpaired) electrons. The van der Waals surface area contributed by atoms with Crippen LogP contribution < -0.4 is 5.73 Å². The van der Waals surface area contributed by atoms with Gasteiger partial charge in [-0.15, -0.1) is 0 Å². The standard InChI is InChI=1S/C8H18N2S/c1-6(2)5-7(3)10(4)8(9)11/h6-7H,5H2,1-4H3,(H2,9,11). The second kappa shape index (κ2) is 4.54. The highest BCUT2D eigenvalue weighted by Gasteiger charge is 2.10. The molecular formula is C8H18N2S. The van der Waals surface area contributed by atoms with Crippen LogP contribution >= 0.6 is 12.2 Å². The van der Waals surface area contributed by atoms with Crippen LogP contribution in [0.1, 0.15) is 27.2 Å². The third kappa shape index (κ3) is 4.19. The van der Waals surface area contributed by atoms with Crippen LogP contribution in [0.25, 0.3) is 0 Å². The van der Waals surface area contributed by atoms with Crippen LogP contribution in [-0.4, -0.2) is 23.1 Å². The van der Waals surface area contributed by atoms with E-state index in [0.29, 0.717) is 17.1 Å². The maximum Gasteiger partial charge on any atom is 0.166 e. The van der Waals surface area contributed by atoms with Crippen molar-refractivity contribution in [3.63, 3.8) is 0 Å². The zero-order chi connectivity index (χ0) is 9.02. The second-order valence-corrected chi connectivity index (χ2v) is 3.85. The molecule has 3 heteroatoms. The van der Waals surface area contributed by atoms with Gasteiger partial charge < -0.3 is 10.6 Å². The molecule has 0 saturated carbocycles. The molecule has 0 aliphatic carbocycles. The summed E-state index contributed by atoms with van der Waals surface area (Å²) in [6.45, 7) is 6.53. The van der Waals surface area contributed by atoms with Crippen molar-refractivity contribution in [2.75, 3.05) is 7.05 Å². The van der Waals surface area contributed by atoms with E-state index in [-0.39, 0.29) is 0 Å². The Labute approximate surface area is 74.8 Å². The molecule has 0 aromatic carbocycles. The highest BCUT2D eigenvalue weighted by molar-refractivity contribution is 7.80. The first-order chi connectivity index (χ1) is 4.95. The van der Waals surface area contributed by atoms with E-state index in [0.717, 1.165) is 6.42 Å². The Bertz CT molecular complexity index is 134. The summed E-state index contributed by atoms with van der Waals surface area (Å²) in [7, 11) is 1.94. The number of nitrogens with two attached hydrogens (primary N) is 1. The summed E-state index contributed by atoms with van der Waals surface area (Å²) in [4.78, 5) is 1.94. The zero-order valence-electron chi connectivity index (χ0n) is 7.79. The lowest BCUT2D eigenvalue weighted by Gasteiger charge is -2.26. The van der Waals surface area contributed by atoms with Gasteiger partial charge in [0.1, 0.15) is 0 Å². The van der Waals surface area contributed by atoms with Crippen LogP contribution in [0.2, 0.25) is 0 Å². The highest BCUT2D eigenvalue weighted by Crippen LogP contribution is 2.08. The maximum atomic E-state index is 5.47. The Morgan fingerprint density at radius 1 is 1.45 bits per heavy atom. The van der Waals surface area contributed by atoms with Crippen LogP contribution in [0.15, 0.2) is 0 Å². The summed E-state index contributed by atoms with van der Waals surface area (Å²) in [5.41, 5.74) is 5.47. The number of rotatable bonds is 3. The number of nitrogens with zero attached hydrogens (tertiary/aromatic N) is 1. The van der Waals surface area contributed by atoms with Crippen molar-refractivity contribution in [2.45, 2.75) is 33.2 Å². The molecule has 1 atom stereocenters. The molecule has 2 nitrogen and oxygen atoms in total. The summed E-state index contributed by atoms with van der Waals surface area (Å²) < 4.78 is 0. The minimum atomic E-state index is 0.451. The normalized spacial score (nSPS) is 13.2. The first kappa shape index (κ1) is 10.7. The molecular weight excluding hydrogens is 156 g/mol. The first-order valence-corrected chi connectivity index (χ1v) is 4.38. The minimum absolute atomic E-state index is 0.451. The summed E-state index contributed by atoms with van der Waals surface area (Å²) >= 11 is 4.85. The Morgan fingerprint density at radius 2 is 1.91 bits per heavy atom. The SMILES string of the molecule is CC(C)CC(C)N(C)C(N)=S. The Kier molecular flexibility index (Phi) is 4.42. The zero-order valence-corrected chi connectivity index (χ0v) is 8.61. The van der Waals surface area contributed by atoms with Gasteiger partial charge in [0.25, 0.3) is 0 Å². The summed E-state index contributed by atoms with van der Waals surface area (Å²) in [5.74, 6) is 0.696. The smallest absolute Gasteiger partial charge is 0.166 e. The van der Waals surface area contributed by atoms with Crippen molar-refractivity contribution in [3.8, 4) is 0 Å². The Balaban J connectivity index is 3.82. The molecule has 0 amide bonds. The number of hydrogen-bond donors (Lipinski definition) is 1. The Morgan fingerprint density at radius 3 is 2.18 bits per heavy atom. The molecule has 0 aliphatic heterocycles. The van der Waals surface area contributed by atoms with Gasteiger partial charge >= 0.3 is 0 Å². The molecule has 0 rings (SSSR count). The fourth-order valence-electron chi connectivity index (χ4n) is 1.06. The van der Waals surface area contributed by atoms with Gasteiger partial charge in [-0.3, -0.25) is 0 Å². The van der Waals surface area contributed by atoms with E-state index < -0.39 is 0 Å². The van der Waals surface area contributed by atoms with Crippen molar-refractivity contribution in [2.24, 2.45) is 11.7 Å². The van der Waals surface area contributed by atoms with E-state index in [1.165, 1.54) is 0 Å². The van der Waals surface area contributed by atoms with Crippen LogP contribution in [0.4, 0.5) is 0 Å². The highest BCUT2D eigenvalue weighted by atomic mass is 32.1. The predicted molar refractivity (Wildman–Crippen MR) is 53.5 cm³/mol. The molecule has 0 bridgehead atoms. The quantitative estimate of drug-likeness (QED) is 0.659. The lowest BCUT2D eigenvalue weighted by Crippen LogP contribution is -2.39. The third-order valence-corrected chi connectivity index (χ3v) is 2.11. The topological polar surface area (TPSA) is 29.3 Å². The predicted octanol–water partition coefficient (Wildman–Crippen LogP) is 1.60.